The van der Waals surface area contributed by atoms with Crippen molar-refractivity contribution in [2.45, 2.75) is 77.6 Å². The lowest BCUT2D eigenvalue weighted by Crippen LogP contribution is -2.12. The van der Waals surface area contributed by atoms with Crippen LogP contribution in [0.25, 0.3) is 0 Å². The van der Waals surface area contributed by atoms with Crippen LogP contribution < -0.4 is 0 Å². The first-order valence-electron chi connectivity index (χ1n) is 7.42. The van der Waals surface area contributed by atoms with Crippen LogP contribution in [0.1, 0.15) is 77.6 Å². The maximum atomic E-state index is 2.29. The van der Waals surface area contributed by atoms with Crippen LogP contribution in [-0.2, 0) is 0 Å². The normalized spacial score (nSPS) is 11.2. The zero-order chi connectivity index (χ0) is 12.1. The molecule has 0 aromatic rings. The lowest BCUT2D eigenvalue weighted by atomic mass is 10.1. The second-order valence-corrected chi connectivity index (χ2v) is 5.34. The minimum atomic E-state index is 1.26. The van der Waals surface area contributed by atoms with Crippen molar-refractivity contribution in [1.82, 2.24) is 4.90 Å². The quantitative estimate of drug-likeness (QED) is 0.430. The van der Waals surface area contributed by atoms with Crippen LogP contribution in [0.15, 0.2) is 0 Å². The minimum absolute atomic E-state index is 1.26. The van der Waals surface area contributed by atoms with E-state index in [1.165, 1.54) is 77.2 Å². The van der Waals surface area contributed by atoms with Gasteiger partial charge in [-0.1, -0.05) is 71.1 Å². The van der Waals surface area contributed by atoms with Gasteiger partial charge in [-0.2, -0.15) is 0 Å². The summed E-state index contributed by atoms with van der Waals surface area (Å²) >= 11 is 0. The summed E-state index contributed by atoms with van der Waals surface area (Å²) in [5.41, 5.74) is 0. The first-order chi connectivity index (χ1) is 7.77. The summed E-state index contributed by atoms with van der Waals surface area (Å²) in [5.74, 6) is 0. The molecule has 0 aliphatic carbocycles. The first kappa shape index (κ1) is 16.0. The number of hydrogen-bond donors (Lipinski definition) is 0. The van der Waals surface area contributed by atoms with Crippen LogP contribution in [0, 0.1) is 0 Å². The average Bonchev–Trinajstić information content (AvgIpc) is 2.25. The van der Waals surface area contributed by atoms with Crippen molar-refractivity contribution in [2.75, 3.05) is 20.6 Å². The highest BCUT2D eigenvalue weighted by Gasteiger charge is 1.93. The zero-order valence-electron chi connectivity index (χ0n) is 11.9. The predicted molar refractivity (Wildman–Crippen MR) is 75.0 cm³/mol. The van der Waals surface area contributed by atoms with Crippen molar-refractivity contribution in [1.29, 1.82) is 0 Å². The van der Waals surface area contributed by atoms with Gasteiger partial charge in [-0.05, 0) is 27.1 Å². The van der Waals surface area contributed by atoms with Gasteiger partial charge in [0.25, 0.3) is 0 Å². The number of hydrogen-bond acceptors (Lipinski definition) is 1. The van der Waals surface area contributed by atoms with Gasteiger partial charge in [-0.3, -0.25) is 0 Å². The van der Waals surface area contributed by atoms with Crippen LogP contribution in [0.2, 0.25) is 0 Å². The lowest BCUT2D eigenvalue weighted by Gasteiger charge is -2.08. The molecule has 0 radical (unpaired) electrons. The second kappa shape index (κ2) is 13.0. The Bertz CT molecular complexity index is 121. The Morgan fingerprint density at radius 3 is 1.31 bits per heavy atom. The van der Waals surface area contributed by atoms with Gasteiger partial charge in [0.05, 0.1) is 0 Å². The van der Waals surface area contributed by atoms with E-state index in [9.17, 15) is 0 Å². The molecule has 0 fully saturated rings. The fourth-order valence-electron chi connectivity index (χ4n) is 2.09. The molecule has 0 bridgehead atoms. The molecule has 0 saturated carbocycles. The molecule has 0 heterocycles. The largest absolute Gasteiger partial charge is 0.309 e. The molecule has 0 spiro atoms. The number of unbranched alkanes of at least 4 members (excludes halogenated alkanes) is 10. The average molecular weight is 227 g/mol. The van der Waals surface area contributed by atoms with Gasteiger partial charge in [0.15, 0.2) is 0 Å². The van der Waals surface area contributed by atoms with E-state index in [2.05, 4.69) is 25.9 Å². The molecule has 98 valence electrons. The molecule has 0 unspecified atom stereocenters. The van der Waals surface area contributed by atoms with E-state index in [1.807, 2.05) is 0 Å². The summed E-state index contributed by atoms with van der Waals surface area (Å²) in [5, 5.41) is 0. The van der Waals surface area contributed by atoms with Gasteiger partial charge in [0.1, 0.15) is 0 Å². The maximum absolute atomic E-state index is 2.29. The molecule has 16 heavy (non-hydrogen) atoms. The highest BCUT2D eigenvalue weighted by molar-refractivity contribution is 4.49. The summed E-state index contributed by atoms with van der Waals surface area (Å²) in [6, 6.07) is 0. The van der Waals surface area contributed by atoms with Gasteiger partial charge in [0, 0.05) is 0 Å². The van der Waals surface area contributed by atoms with Crippen molar-refractivity contribution in [2.24, 2.45) is 0 Å². The van der Waals surface area contributed by atoms with E-state index in [-0.39, 0.29) is 0 Å². The fraction of sp³-hybridized carbons (Fsp3) is 1.00. The highest BCUT2D eigenvalue weighted by Crippen LogP contribution is 2.11. The molecule has 0 atom stereocenters. The van der Waals surface area contributed by atoms with Crippen molar-refractivity contribution in [3.8, 4) is 0 Å². The Kier molecular flexibility index (Phi) is 13.0. The summed E-state index contributed by atoms with van der Waals surface area (Å²) in [7, 11) is 4.33. The molecule has 0 aliphatic heterocycles. The Morgan fingerprint density at radius 1 is 0.562 bits per heavy atom. The summed E-state index contributed by atoms with van der Waals surface area (Å²) in [6.45, 7) is 3.55. The third-order valence-electron chi connectivity index (χ3n) is 3.21. The summed E-state index contributed by atoms with van der Waals surface area (Å²) < 4.78 is 0. The lowest BCUT2D eigenvalue weighted by molar-refractivity contribution is 0.389. The monoisotopic (exact) mass is 227 g/mol. The van der Waals surface area contributed by atoms with E-state index in [0.29, 0.717) is 0 Å². The molecule has 0 saturated heterocycles. The Labute approximate surface area is 104 Å². The van der Waals surface area contributed by atoms with Crippen LogP contribution in [0.4, 0.5) is 0 Å². The van der Waals surface area contributed by atoms with Crippen molar-refractivity contribution in [3.63, 3.8) is 0 Å². The molecule has 1 nitrogen and oxygen atoms in total. The van der Waals surface area contributed by atoms with Gasteiger partial charge >= 0.3 is 0 Å². The molecule has 0 amide bonds. The van der Waals surface area contributed by atoms with Gasteiger partial charge < -0.3 is 4.90 Å². The van der Waals surface area contributed by atoms with E-state index in [0.717, 1.165) is 0 Å². The van der Waals surface area contributed by atoms with Gasteiger partial charge in [-0.25, -0.2) is 0 Å². The molecule has 1 heteroatoms. The molecular formula is C15H33N. The second-order valence-electron chi connectivity index (χ2n) is 5.34. The standard InChI is InChI=1S/C15H33N/c1-4-5-6-7-8-9-10-11-12-13-14-15-16(2)3/h4-15H2,1-3H3. The molecular weight excluding hydrogens is 194 g/mol. The van der Waals surface area contributed by atoms with E-state index >= 15 is 0 Å². The number of rotatable bonds is 12. The Hall–Kier alpha value is -0.0400. The smallest absolute Gasteiger partial charge is 0.00248 e. The van der Waals surface area contributed by atoms with E-state index in [1.54, 1.807) is 0 Å². The fourth-order valence-corrected chi connectivity index (χ4v) is 2.09. The first-order valence-corrected chi connectivity index (χ1v) is 7.42. The molecule has 0 rings (SSSR count). The van der Waals surface area contributed by atoms with Gasteiger partial charge in [0.2, 0.25) is 0 Å². The SMILES string of the molecule is CCCCCCCCCCCCCN(C)C. The van der Waals surface area contributed by atoms with E-state index < -0.39 is 0 Å². The van der Waals surface area contributed by atoms with Crippen molar-refractivity contribution >= 4 is 0 Å². The van der Waals surface area contributed by atoms with Crippen LogP contribution in [0.5, 0.6) is 0 Å². The zero-order valence-corrected chi connectivity index (χ0v) is 11.9. The molecule has 0 N–H and O–H groups in total. The third-order valence-corrected chi connectivity index (χ3v) is 3.21. The van der Waals surface area contributed by atoms with Crippen LogP contribution in [-0.4, -0.2) is 25.5 Å². The van der Waals surface area contributed by atoms with Gasteiger partial charge in [-0.15, -0.1) is 0 Å². The maximum Gasteiger partial charge on any atom is -0.00248 e. The minimum Gasteiger partial charge on any atom is -0.309 e. The molecule has 0 aromatic heterocycles. The van der Waals surface area contributed by atoms with Crippen molar-refractivity contribution < 1.29 is 0 Å². The summed E-state index contributed by atoms with van der Waals surface area (Å²) in [6.07, 6.45) is 15.8. The topological polar surface area (TPSA) is 3.24 Å². The predicted octanol–water partition coefficient (Wildman–Crippen LogP) is 4.86. The van der Waals surface area contributed by atoms with Crippen molar-refractivity contribution in [3.05, 3.63) is 0 Å². The Balaban J connectivity index is 2.88. The van der Waals surface area contributed by atoms with Crippen LogP contribution >= 0.6 is 0 Å². The number of nitrogens with zero attached hydrogens (tertiary/aromatic N) is 1. The van der Waals surface area contributed by atoms with E-state index in [4.69, 9.17) is 0 Å². The third kappa shape index (κ3) is 14.0. The van der Waals surface area contributed by atoms with Crippen LogP contribution in [0.3, 0.4) is 0 Å². The molecule has 0 aliphatic rings. The highest BCUT2D eigenvalue weighted by atomic mass is 15.0. The molecule has 0 aromatic carbocycles. The Morgan fingerprint density at radius 2 is 0.938 bits per heavy atom. The summed E-state index contributed by atoms with van der Waals surface area (Å²) in [4.78, 5) is 2.29.